The summed E-state index contributed by atoms with van der Waals surface area (Å²) < 4.78 is 47.8. The smallest absolute Gasteiger partial charge is 0.430 e. The van der Waals surface area contributed by atoms with E-state index in [0.717, 1.165) is 0 Å². The molecule has 0 fully saturated rings. The van der Waals surface area contributed by atoms with E-state index in [2.05, 4.69) is 9.73 Å². The van der Waals surface area contributed by atoms with E-state index >= 15 is 0 Å². The molecule has 0 heterocycles. The Morgan fingerprint density at radius 2 is 1.85 bits per heavy atom. The van der Waals surface area contributed by atoms with E-state index in [1.54, 1.807) is 0 Å². The molecule has 7 heteroatoms. The zero-order valence-electron chi connectivity index (χ0n) is 11.0. The van der Waals surface area contributed by atoms with Crippen LogP contribution >= 0.6 is 0 Å². The molecule has 0 unspecified atom stereocenters. The molecule has 0 aliphatic heterocycles. The van der Waals surface area contributed by atoms with E-state index in [1.165, 1.54) is 38.3 Å². The number of aliphatic imine (C=N–C) groups is 1. The molecule has 1 aromatic carbocycles. The number of methoxy groups -OCH3 is 1. The number of halogens is 3. The third-order valence-electron chi connectivity index (χ3n) is 2.28. The van der Waals surface area contributed by atoms with E-state index in [0.29, 0.717) is 5.75 Å². The van der Waals surface area contributed by atoms with Gasteiger partial charge in [0.2, 0.25) is 0 Å². The van der Waals surface area contributed by atoms with Gasteiger partial charge in [0.05, 0.1) is 25.8 Å². The maximum Gasteiger partial charge on any atom is 0.430 e. The molecule has 0 bridgehead atoms. The van der Waals surface area contributed by atoms with Gasteiger partial charge in [-0.1, -0.05) is 0 Å². The summed E-state index contributed by atoms with van der Waals surface area (Å²) in [6.07, 6.45) is -5.60. The van der Waals surface area contributed by atoms with Gasteiger partial charge in [-0.15, -0.1) is 0 Å². The normalized spacial score (nSPS) is 12.2. The summed E-state index contributed by atoms with van der Waals surface area (Å²) >= 11 is 0. The molecule has 1 rings (SSSR count). The monoisotopic (exact) mass is 289 g/mol. The van der Waals surface area contributed by atoms with Crippen molar-refractivity contribution in [1.82, 2.24) is 0 Å². The van der Waals surface area contributed by atoms with Crippen LogP contribution in [0, 0.1) is 0 Å². The predicted octanol–water partition coefficient (Wildman–Crippen LogP) is 3.28. The van der Waals surface area contributed by atoms with Crippen LogP contribution in [0.3, 0.4) is 0 Å². The first kappa shape index (κ1) is 16.0. The standard InChI is InChI=1S/C13H14F3NO3/c1-3-20-12(18)8-11(13(14,15)16)17-9-4-6-10(19-2)7-5-9/h4-7H,3,8H2,1-2H3. The van der Waals surface area contributed by atoms with Crippen molar-refractivity contribution in [3.8, 4) is 5.75 Å². The molecular weight excluding hydrogens is 275 g/mol. The maximum absolute atomic E-state index is 12.8. The Morgan fingerprint density at radius 1 is 1.25 bits per heavy atom. The molecule has 0 atom stereocenters. The number of esters is 1. The fraction of sp³-hybridized carbons (Fsp3) is 0.385. The van der Waals surface area contributed by atoms with E-state index in [1.807, 2.05) is 0 Å². The average molecular weight is 289 g/mol. The topological polar surface area (TPSA) is 47.9 Å². The van der Waals surface area contributed by atoms with Crippen LogP contribution in [0.15, 0.2) is 29.3 Å². The van der Waals surface area contributed by atoms with Crippen molar-refractivity contribution in [2.24, 2.45) is 4.99 Å². The van der Waals surface area contributed by atoms with Crippen molar-refractivity contribution < 1.29 is 27.4 Å². The minimum absolute atomic E-state index is 0.0203. The highest BCUT2D eigenvalue weighted by molar-refractivity contribution is 6.03. The molecule has 0 saturated carbocycles. The highest BCUT2D eigenvalue weighted by Crippen LogP contribution is 2.25. The predicted molar refractivity (Wildman–Crippen MR) is 67.4 cm³/mol. The molecule has 1 aromatic rings. The summed E-state index contributed by atoms with van der Waals surface area (Å²) in [6.45, 7) is 1.54. The van der Waals surface area contributed by atoms with Gasteiger partial charge in [0.25, 0.3) is 0 Å². The first-order valence-electron chi connectivity index (χ1n) is 5.81. The van der Waals surface area contributed by atoms with Crippen molar-refractivity contribution >= 4 is 17.4 Å². The summed E-state index contributed by atoms with van der Waals surface area (Å²) in [4.78, 5) is 14.6. The number of nitrogens with zero attached hydrogens (tertiary/aromatic N) is 1. The Balaban J connectivity index is 2.97. The van der Waals surface area contributed by atoms with Gasteiger partial charge in [0, 0.05) is 0 Å². The zero-order chi connectivity index (χ0) is 15.2. The number of alkyl halides is 3. The van der Waals surface area contributed by atoms with Crippen molar-refractivity contribution in [3.05, 3.63) is 24.3 Å². The lowest BCUT2D eigenvalue weighted by atomic mass is 10.2. The van der Waals surface area contributed by atoms with Crippen LogP contribution in [-0.2, 0) is 9.53 Å². The summed E-state index contributed by atoms with van der Waals surface area (Å²) in [5, 5.41) is 0. The number of carbonyl (C=O) groups is 1. The minimum atomic E-state index is -4.69. The second-order valence-corrected chi connectivity index (χ2v) is 3.74. The van der Waals surface area contributed by atoms with Crippen molar-refractivity contribution in [2.75, 3.05) is 13.7 Å². The number of benzene rings is 1. The molecule has 0 N–H and O–H groups in total. The lowest BCUT2D eigenvalue weighted by Crippen LogP contribution is -2.26. The van der Waals surface area contributed by atoms with Crippen LogP contribution in [0.2, 0.25) is 0 Å². The molecule has 0 spiro atoms. The van der Waals surface area contributed by atoms with Gasteiger partial charge in [0.1, 0.15) is 11.5 Å². The lowest BCUT2D eigenvalue weighted by Gasteiger charge is -2.10. The second kappa shape index (κ2) is 6.93. The fourth-order valence-corrected chi connectivity index (χ4v) is 1.36. The lowest BCUT2D eigenvalue weighted by molar-refractivity contribution is -0.142. The Bertz CT molecular complexity index is 481. The van der Waals surface area contributed by atoms with Crippen molar-refractivity contribution in [2.45, 2.75) is 19.5 Å². The number of hydrogen-bond acceptors (Lipinski definition) is 4. The molecule has 20 heavy (non-hydrogen) atoms. The Labute approximate surface area is 114 Å². The van der Waals surface area contributed by atoms with Gasteiger partial charge < -0.3 is 9.47 Å². The molecular formula is C13H14F3NO3. The molecule has 110 valence electrons. The third kappa shape index (κ3) is 4.91. The first-order chi connectivity index (χ1) is 9.36. The van der Waals surface area contributed by atoms with E-state index in [-0.39, 0.29) is 12.3 Å². The molecule has 4 nitrogen and oxygen atoms in total. The largest absolute Gasteiger partial charge is 0.497 e. The number of carbonyl (C=O) groups excluding carboxylic acids is 1. The summed E-state index contributed by atoms with van der Waals surface area (Å²) in [5.41, 5.74) is -1.11. The van der Waals surface area contributed by atoms with Gasteiger partial charge in [-0.25, -0.2) is 4.99 Å². The van der Waals surface area contributed by atoms with Crippen LogP contribution in [0.4, 0.5) is 18.9 Å². The second-order valence-electron chi connectivity index (χ2n) is 3.74. The van der Waals surface area contributed by atoms with Crippen LogP contribution in [0.1, 0.15) is 13.3 Å². The molecule has 0 aliphatic carbocycles. The Kier molecular flexibility index (Phi) is 5.54. The van der Waals surface area contributed by atoms with E-state index < -0.39 is 24.3 Å². The molecule has 0 aliphatic rings. The van der Waals surface area contributed by atoms with Crippen molar-refractivity contribution in [1.29, 1.82) is 0 Å². The van der Waals surface area contributed by atoms with E-state index in [9.17, 15) is 18.0 Å². The van der Waals surface area contributed by atoms with Gasteiger partial charge in [0.15, 0.2) is 0 Å². The van der Waals surface area contributed by atoms with Gasteiger partial charge in [-0.05, 0) is 31.2 Å². The summed E-state index contributed by atoms with van der Waals surface area (Å²) in [7, 11) is 1.44. The minimum Gasteiger partial charge on any atom is -0.497 e. The van der Waals surface area contributed by atoms with Gasteiger partial charge in [-0.3, -0.25) is 4.79 Å². The summed E-state index contributed by atoms with van der Waals surface area (Å²) in [5.74, 6) is -0.458. The first-order valence-corrected chi connectivity index (χ1v) is 5.81. The molecule has 0 saturated heterocycles. The Morgan fingerprint density at radius 3 is 2.30 bits per heavy atom. The molecule has 0 aromatic heterocycles. The fourth-order valence-electron chi connectivity index (χ4n) is 1.36. The highest BCUT2D eigenvalue weighted by atomic mass is 19.4. The quantitative estimate of drug-likeness (QED) is 0.617. The van der Waals surface area contributed by atoms with Crippen LogP contribution in [-0.4, -0.2) is 31.6 Å². The number of hydrogen-bond donors (Lipinski definition) is 0. The van der Waals surface area contributed by atoms with E-state index in [4.69, 9.17) is 4.74 Å². The van der Waals surface area contributed by atoms with Gasteiger partial charge in [-0.2, -0.15) is 13.2 Å². The average Bonchev–Trinajstić information content (AvgIpc) is 2.38. The maximum atomic E-state index is 12.8. The van der Waals surface area contributed by atoms with Crippen LogP contribution in [0.5, 0.6) is 5.75 Å². The SMILES string of the molecule is CCOC(=O)CC(=Nc1ccc(OC)cc1)C(F)(F)F. The number of ether oxygens (including phenoxy) is 2. The number of rotatable bonds is 5. The van der Waals surface area contributed by atoms with Crippen LogP contribution < -0.4 is 4.74 Å². The van der Waals surface area contributed by atoms with Crippen LogP contribution in [0.25, 0.3) is 0 Å². The highest BCUT2D eigenvalue weighted by Gasteiger charge is 2.37. The third-order valence-corrected chi connectivity index (χ3v) is 2.28. The Hall–Kier alpha value is -2.05. The molecule has 0 radical (unpaired) electrons. The van der Waals surface area contributed by atoms with Gasteiger partial charge >= 0.3 is 12.1 Å². The zero-order valence-corrected chi connectivity index (χ0v) is 11.0. The molecule has 0 amide bonds. The van der Waals surface area contributed by atoms with Crippen molar-refractivity contribution in [3.63, 3.8) is 0 Å². The summed E-state index contributed by atoms with van der Waals surface area (Å²) in [6, 6.07) is 5.71.